The predicted octanol–water partition coefficient (Wildman–Crippen LogP) is 3.04. The predicted molar refractivity (Wildman–Crippen MR) is 71.2 cm³/mol. The van der Waals surface area contributed by atoms with Crippen molar-refractivity contribution >= 4 is 10.8 Å². The fourth-order valence-electron chi connectivity index (χ4n) is 3.81. The van der Waals surface area contributed by atoms with Crippen molar-refractivity contribution in [2.24, 2.45) is 5.92 Å². The molecule has 2 aliphatic rings. The van der Waals surface area contributed by atoms with Crippen molar-refractivity contribution in [1.29, 1.82) is 0 Å². The number of fused-ring (bicyclic) bond motifs is 2. The van der Waals surface area contributed by atoms with Crippen LogP contribution in [0.1, 0.15) is 12.0 Å². The lowest BCUT2D eigenvalue weighted by atomic mass is 9.90. The third kappa shape index (κ3) is 1.23. The molecule has 86 valence electrons. The average Bonchev–Trinajstić information content (AvgIpc) is 2.92. The topological polar surface area (TPSA) is 3.24 Å². The highest BCUT2D eigenvalue weighted by Gasteiger charge is 2.60. The zero-order chi connectivity index (χ0) is 11.5. The Balaban J connectivity index is 1.92. The summed E-state index contributed by atoms with van der Waals surface area (Å²) in [4.78, 5) is 2.48. The third-order valence-electron chi connectivity index (χ3n) is 4.64. The van der Waals surface area contributed by atoms with Crippen molar-refractivity contribution in [1.82, 2.24) is 4.90 Å². The fourth-order valence-corrected chi connectivity index (χ4v) is 3.81. The minimum absolute atomic E-state index is 0.482. The van der Waals surface area contributed by atoms with E-state index in [1.165, 1.54) is 30.3 Å². The second-order valence-electron chi connectivity index (χ2n) is 5.78. The van der Waals surface area contributed by atoms with Crippen LogP contribution in [-0.4, -0.2) is 25.0 Å². The minimum Gasteiger partial charge on any atom is -0.305 e. The smallest absolute Gasteiger partial charge is 0.0130 e. The summed E-state index contributed by atoms with van der Waals surface area (Å²) in [7, 11) is 2.25. The summed E-state index contributed by atoms with van der Waals surface area (Å²) >= 11 is 0. The van der Waals surface area contributed by atoms with Gasteiger partial charge in [0.05, 0.1) is 0 Å². The van der Waals surface area contributed by atoms with E-state index in [1.807, 2.05) is 0 Å². The van der Waals surface area contributed by atoms with Crippen molar-refractivity contribution in [3.05, 3.63) is 48.0 Å². The van der Waals surface area contributed by atoms with E-state index in [1.54, 1.807) is 5.56 Å². The summed E-state index contributed by atoms with van der Waals surface area (Å²) in [6.45, 7) is 2.52. The molecule has 1 saturated carbocycles. The number of likely N-dealkylation sites (N-methyl/N-ethyl adjacent to an activating group) is 1. The van der Waals surface area contributed by atoms with E-state index >= 15 is 0 Å². The van der Waals surface area contributed by atoms with Gasteiger partial charge in [-0.1, -0.05) is 42.5 Å². The highest BCUT2D eigenvalue weighted by Crippen LogP contribution is 2.59. The molecule has 1 aliphatic carbocycles. The first-order chi connectivity index (χ1) is 8.29. The van der Waals surface area contributed by atoms with Crippen molar-refractivity contribution in [2.75, 3.05) is 20.1 Å². The van der Waals surface area contributed by atoms with Gasteiger partial charge in [0, 0.05) is 18.5 Å². The van der Waals surface area contributed by atoms with Gasteiger partial charge in [-0.05, 0) is 35.7 Å². The standard InChI is InChI=1S/C16H17N/c1-17-10-13-9-16(13,11-17)15-8-4-6-12-5-2-3-7-14(12)15/h2-8,13H,9-11H2,1H3/t13-,16?/m0/s1. The summed E-state index contributed by atoms with van der Waals surface area (Å²) in [6, 6.07) is 15.6. The molecule has 17 heavy (non-hydrogen) atoms. The van der Waals surface area contributed by atoms with Gasteiger partial charge < -0.3 is 4.90 Å². The van der Waals surface area contributed by atoms with Crippen LogP contribution in [0.2, 0.25) is 0 Å². The van der Waals surface area contributed by atoms with E-state index in [-0.39, 0.29) is 0 Å². The first-order valence-electron chi connectivity index (χ1n) is 6.46. The molecular weight excluding hydrogens is 206 g/mol. The maximum absolute atomic E-state index is 2.48. The first kappa shape index (κ1) is 9.67. The Morgan fingerprint density at radius 3 is 2.76 bits per heavy atom. The zero-order valence-electron chi connectivity index (χ0n) is 10.2. The molecule has 2 fully saturated rings. The summed E-state index contributed by atoms with van der Waals surface area (Å²) in [5, 5.41) is 2.85. The minimum atomic E-state index is 0.482. The quantitative estimate of drug-likeness (QED) is 0.718. The molecule has 1 saturated heterocycles. The van der Waals surface area contributed by atoms with Gasteiger partial charge in [-0.3, -0.25) is 0 Å². The van der Waals surface area contributed by atoms with Crippen molar-refractivity contribution in [3.8, 4) is 0 Å². The number of rotatable bonds is 1. The van der Waals surface area contributed by atoms with Crippen LogP contribution in [0.15, 0.2) is 42.5 Å². The average molecular weight is 223 g/mol. The fraction of sp³-hybridized carbons (Fsp3) is 0.375. The van der Waals surface area contributed by atoms with Gasteiger partial charge >= 0.3 is 0 Å². The van der Waals surface area contributed by atoms with E-state index in [9.17, 15) is 0 Å². The normalized spacial score (nSPS) is 31.7. The van der Waals surface area contributed by atoms with Gasteiger partial charge in [-0.2, -0.15) is 0 Å². The molecule has 0 spiro atoms. The Hall–Kier alpha value is -1.34. The lowest BCUT2D eigenvalue weighted by molar-refractivity contribution is 0.364. The highest BCUT2D eigenvalue weighted by molar-refractivity contribution is 5.87. The first-order valence-corrected chi connectivity index (χ1v) is 6.46. The molecule has 1 heteroatoms. The monoisotopic (exact) mass is 223 g/mol. The molecule has 0 amide bonds. The van der Waals surface area contributed by atoms with Crippen molar-refractivity contribution < 1.29 is 0 Å². The number of benzene rings is 2. The number of piperidine rings is 1. The molecule has 1 heterocycles. The zero-order valence-corrected chi connectivity index (χ0v) is 10.2. The molecule has 0 radical (unpaired) electrons. The van der Waals surface area contributed by atoms with Crippen LogP contribution in [0.5, 0.6) is 0 Å². The molecule has 1 nitrogen and oxygen atoms in total. The lowest BCUT2D eigenvalue weighted by Crippen LogP contribution is -2.22. The summed E-state index contributed by atoms with van der Waals surface area (Å²) in [6.07, 6.45) is 1.39. The molecule has 2 aromatic rings. The number of likely N-dealkylation sites (tertiary alicyclic amines) is 1. The Bertz CT molecular complexity index is 584. The molecule has 0 N–H and O–H groups in total. The van der Waals surface area contributed by atoms with Gasteiger partial charge in [0.1, 0.15) is 0 Å². The van der Waals surface area contributed by atoms with Gasteiger partial charge in [-0.25, -0.2) is 0 Å². The van der Waals surface area contributed by atoms with Crippen LogP contribution < -0.4 is 0 Å². The van der Waals surface area contributed by atoms with Gasteiger partial charge in [0.25, 0.3) is 0 Å². The SMILES string of the molecule is CN1C[C@@H]2CC2(c2cccc3ccccc23)C1. The Morgan fingerprint density at radius 2 is 1.94 bits per heavy atom. The Morgan fingerprint density at radius 1 is 1.12 bits per heavy atom. The van der Waals surface area contributed by atoms with E-state index < -0.39 is 0 Å². The molecular formula is C16H17N. The van der Waals surface area contributed by atoms with Crippen molar-refractivity contribution in [2.45, 2.75) is 11.8 Å². The maximum Gasteiger partial charge on any atom is 0.0130 e. The van der Waals surface area contributed by atoms with E-state index in [0.29, 0.717) is 5.41 Å². The van der Waals surface area contributed by atoms with Gasteiger partial charge in [0.2, 0.25) is 0 Å². The van der Waals surface area contributed by atoms with Crippen LogP contribution in [0, 0.1) is 5.92 Å². The molecule has 2 aromatic carbocycles. The highest BCUT2D eigenvalue weighted by atomic mass is 15.2. The molecule has 4 rings (SSSR count). The number of nitrogens with zero attached hydrogens (tertiary/aromatic N) is 1. The van der Waals surface area contributed by atoms with Crippen molar-refractivity contribution in [3.63, 3.8) is 0 Å². The molecule has 2 atom stereocenters. The molecule has 1 aliphatic heterocycles. The van der Waals surface area contributed by atoms with E-state index in [2.05, 4.69) is 54.4 Å². The third-order valence-corrected chi connectivity index (χ3v) is 4.64. The largest absolute Gasteiger partial charge is 0.305 e. The molecule has 1 unspecified atom stereocenters. The summed E-state index contributed by atoms with van der Waals surface area (Å²) in [5.74, 6) is 0.901. The summed E-state index contributed by atoms with van der Waals surface area (Å²) in [5.41, 5.74) is 2.07. The summed E-state index contributed by atoms with van der Waals surface area (Å²) < 4.78 is 0. The number of hydrogen-bond donors (Lipinski definition) is 0. The van der Waals surface area contributed by atoms with Crippen LogP contribution in [0.3, 0.4) is 0 Å². The maximum atomic E-state index is 2.48. The van der Waals surface area contributed by atoms with Crippen LogP contribution >= 0.6 is 0 Å². The second kappa shape index (κ2) is 3.11. The molecule has 0 aromatic heterocycles. The lowest BCUT2D eigenvalue weighted by Gasteiger charge is -2.18. The Labute approximate surface area is 102 Å². The van der Waals surface area contributed by atoms with E-state index in [0.717, 1.165) is 5.92 Å². The Kier molecular flexibility index (Phi) is 1.77. The molecule has 0 bridgehead atoms. The number of hydrogen-bond acceptors (Lipinski definition) is 1. The van der Waals surface area contributed by atoms with E-state index in [4.69, 9.17) is 0 Å². The van der Waals surface area contributed by atoms with Crippen LogP contribution in [0.25, 0.3) is 10.8 Å². The second-order valence-corrected chi connectivity index (χ2v) is 5.78. The van der Waals surface area contributed by atoms with Gasteiger partial charge in [0.15, 0.2) is 0 Å². The van der Waals surface area contributed by atoms with Gasteiger partial charge in [-0.15, -0.1) is 0 Å². The van der Waals surface area contributed by atoms with Crippen LogP contribution in [-0.2, 0) is 5.41 Å². The van der Waals surface area contributed by atoms with Crippen LogP contribution in [0.4, 0.5) is 0 Å².